The van der Waals surface area contributed by atoms with E-state index in [1.54, 1.807) is 37.4 Å². The van der Waals surface area contributed by atoms with Crippen LogP contribution in [0.1, 0.15) is 18.1 Å². The number of methoxy groups -OCH3 is 1. The fourth-order valence-electron chi connectivity index (χ4n) is 2.66. The molecule has 10 heteroatoms. The quantitative estimate of drug-likeness (QED) is 0.389. The first-order valence-electron chi connectivity index (χ1n) is 9.03. The standard InChI is InChI=1S/C20H17ClN4O4S/c1-27-14-4-2-3-13(10-14)22-18(26)7-8-19-24-17(25-29-19)11-30-20-23-15-9-12(21)5-6-16(15)28-20/h2-6,9-10H,7-8,11H2,1H3,(H,22,26). The summed E-state index contributed by atoms with van der Waals surface area (Å²) in [6.07, 6.45) is 0.562. The van der Waals surface area contributed by atoms with Crippen LogP contribution in [-0.4, -0.2) is 28.1 Å². The average molecular weight is 445 g/mol. The minimum Gasteiger partial charge on any atom is -0.497 e. The number of aryl methyl sites for hydroxylation is 1. The lowest BCUT2D eigenvalue weighted by Gasteiger charge is -2.06. The number of oxazole rings is 1. The van der Waals surface area contributed by atoms with Gasteiger partial charge in [0.05, 0.1) is 12.9 Å². The maximum Gasteiger partial charge on any atom is 0.257 e. The van der Waals surface area contributed by atoms with Gasteiger partial charge in [-0.15, -0.1) is 0 Å². The smallest absolute Gasteiger partial charge is 0.257 e. The van der Waals surface area contributed by atoms with Crippen LogP contribution in [0.15, 0.2) is 56.6 Å². The molecule has 4 aromatic rings. The first-order valence-corrected chi connectivity index (χ1v) is 10.4. The molecule has 0 fully saturated rings. The number of amides is 1. The number of hydrogen-bond donors (Lipinski definition) is 1. The predicted octanol–water partition coefficient (Wildman–Crippen LogP) is 4.74. The summed E-state index contributed by atoms with van der Waals surface area (Å²) in [6, 6.07) is 12.4. The second-order valence-corrected chi connectivity index (χ2v) is 7.63. The van der Waals surface area contributed by atoms with Crippen LogP contribution in [0.5, 0.6) is 5.75 Å². The highest BCUT2D eigenvalue weighted by molar-refractivity contribution is 7.98. The topological polar surface area (TPSA) is 103 Å². The van der Waals surface area contributed by atoms with Crippen LogP contribution < -0.4 is 10.1 Å². The zero-order valence-corrected chi connectivity index (χ0v) is 17.5. The number of benzene rings is 2. The number of hydrogen-bond acceptors (Lipinski definition) is 8. The number of nitrogens with zero attached hydrogens (tertiary/aromatic N) is 3. The van der Waals surface area contributed by atoms with Gasteiger partial charge in [-0.2, -0.15) is 4.98 Å². The van der Waals surface area contributed by atoms with Gasteiger partial charge in [0.15, 0.2) is 11.4 Å². The lowest BCUT2D eigenvalue weighted by atomic mass is 10.2. The molecule has 1 amide bonds. The Kier molecular flexibility index (Phi) is 6.20. The molecule has 2 heterocycles. The highest BCUT2D eigenvalue weighted by Crippen LogP contribution is 2.27. The Labute approximate surface area is 181 Å². The van der Waals surface area contributed by atoms with Crippen LogP contribution in [0.4, 0.5) is 5.69 Å². The van der Waals surface area contributed by atoms with Crippen LogP contribution in [0, 0.1) is 0 Å². The van der Waals surface area contributed by atoms with E-state index < -0.39 is 0 Å². The third-order valence-corrected chi connectivity index (χ3v) is 5.14. The van der Waals surface area contributed by atoms with E-state index in [0.29, 0.717) is 56.7 Å². The molecular weight excluding hydrogens is 428 g/mol. The van der Waals surface area contributed by atoms with Gasteiger partial charge in [0, 0.05) is 29.6 Å². The van der Waals surface area contributed by atoms with Crippen molar-refractivity contribution >= 4 is 46.1 Å². The second-order valence-electron chi connectivity index (χ2n) is 6.26. The molecule has 4 rings (SSSR count). The summed E-state index contributed by atoms with van der Waals surface area (Å²) >= 11 is 7.31. The molecule has 2 aromatic carbocycles. The van der Waals surface area contributed by atoms with Crippen LogP contribution in [0.2, 0.25) is 5.02 Å². The normalized spacial score (nSPS) is 11.0. The van der Waals surface area contributed by atoms with E-state index in [2.05, 4.69) is 20.4 Å². The van der Waals surface area contributed by atoms with Crippen molar-refractivity contribution in [3.63, 3.8) is 0 Å². The number of halogens is 1. The molecule has 154 valence electrons. The van der Waals surface area contributed by atoms with E-state index in [9.17, 15) is 4.79 Å². The zero-order chi connectivity index (χ0) is 20.9. The van der Waals surface area contributed by atoms with Crippen molar-refractivity contribution in [3.8, 4) is 5.75 Å². The van der Waals surface area contributed by atoms with Gasteiger partial charge in [0.1, 0.15) is 11.3 Å². The van der Waals surface area contributed by atoms with Crippen molar-refractivity contribution in [1.82, 2.24) is 15.1 Å². The molecule has 0 bridgehead atoms. The zero-order valence-electron chi connectivity index (χ0n) is 15.9. The molecule has 0 aliphatic rings. The van der Waals surface area contributed by atoms with Crippen LogP contribution in [0.3, 0.4) is 0 Å². The third kappa shape index (κ3) is 5.11. The lowest BCUT2D eigenvalue weighted by Crippen LogP contribution is -2.12. The summed E-state index contributed by atoms with van der Waals surface area (Å²) in [5.41, 5.74) is 2.03. The SMILES string of the molecule is COc1cccc(NC(=O)CCc2nc(CSc3nc4cc(Cl)ccc4o3)no2)c1. The maximum atomic E-state index is 12.1. The molecule has 8 nitrogen and oxygen atoms in total. The van der Waals surface area contributed by atoms with Gasteiger partial charge in [0.25, 0.3) is 5.22 Å². The highest BCUT2D eigenvalue weighted by atomic mass is 35.5. The van der Waals surface area contributed by atoms with E-state index in [0.717, 1.165) is 0 Å². The molecule has 30 heavy (non-hydrogen) atoms. The molecule has 0 aliphatic carbocycles. The molecule has 1 N–H and O–H groups in total. The largest absolute Gasteiger partial charge is 0.497 e. The first kappa shape index (κ1) is 20.2. The molecule has 0 spiro atoms. The predicted molar refractivity (Wildman–Crippen MR) is 113 cm³/mol. The van der Waals surface area contributed by atoms with Gasteiger partial charge in [-0.3, -0.25) is 4.79 Å². The van der Waals surface area contributed by atoms with E-state index in [1.807, 2.05) is 12.1 Å². The van der Waals surface area contributed by atoms with Gasteiger partial charge >= 0.3 is 0 Å². The Morgan fingerprint density at radius 1 is 1.23 bits per heavy atom. The molecule has 0 atom stereocenters. The molecule has 0 saturated carbocycles. The van der Waals surface area contributed by atoms with E-state index in [-0.39, 0.29) is 12.3 Å². The third-order valence-electron chi connectivity index (χ3n) is 4.08. The van der Waals surface area contributed by atoms with Gasteiger partial charge in [-0.05, 0) is 30.3 Å². The molecule has 2 aromatic heterocycles. The lowest BCUT2D eigenvalue weighted by molar-refractivity contribution is -0.116. The number of carbonyl (C=O) groups is 1. The molecule has 0 radical (unpaired) electrons. The summed E-state index contributed by atoms with van der Waals surface area (Å²) in [5.74, 6) is 1.86. The number of carbonyl (C=O) groups excluding carboxylic acids is 1. The second kappa shape index (κ2) is 9.19. The Morgan fingerprint density at radius 3 is 3.00 bits per heavy atom. The minimum atomic E-state index is -0.150. The first-order chi connectivity index (χ1) is 14.6. The van der Waals surface area contributed by atoms with Crippen molar-refractivity contribution in [1.29, 1.82) is 0 Å². The van der Waals surface area contributed by atoms with Crippen molar-refractivity contribution in [2.24, 2.45) is 0 Å². The number of ether oxygens (including phenoxy) is 1. The van der Waals surface area contributed by atoms with Crippen molar-refractivity contribution < 1.29 is 18.5 Å². The average Bonchev–Trinajstić information content (AvgIpc) is 3.37. The Balaban J connectivity index is 1.27. The number of nitrogens with one attached hydrogen (secondary N) is 1. The van der Waals surface area contributed by atoms with E-state index >= 15 is 0 Å². The van der Waals surface area contributed by atoms with Crippen LogP contribution >= 0.6 is 23.4 Å². The van der Waals surface area contributed by atoms with Crippen LogP contribution in [0.25, 0.3) is 11.1 Å². The van der Waals surface area contributed by atoms with E-state index in [4.69, 9.17) is 25.3 Å². The number of rotatable bonds is 8. The van der Waals surface area contributed by atoms with Crippen molar-refractivity contribution in [3.05, 3.63) is 59.2 Å². The monoisotopic (exact) mass is 444 g/mol. The molecule has 0 unspecified atom stereocenters. The van der Waals surface area contributed by atoms with Crippen molar-refractivity contribution in [2.75, 3.05) is 12.4 Å². The fourth-order valence-corrected chi connectivity index (χ4v) is 3.51. The number of fused-ring (bicyclic) bond motifs is 1. The maximum absolute atomic E-state index is 12.1. The van der Waals surface area contributed by atoms with Gasteiger partial charge in [-0.25, -0.2) is 4.98 Å². The Morgan fingerprint density at radius 2 is 2.13 bits per heavy atom. The fraction of sp³-hybridized carbons (Fsp3) is 0.200. The summed E-state index contributed by atoms with van der Waals surface area (Å²) in [6.45, 7) is 0. The van der Waals surface area contributed by atoms with Gasteiger partial charge in [0.2, 0.25) is 11.8 Å². The van der Waals surface area contributed by atoms with Crippen molar-refractivity contribution in [2.45, 2.75) is 23.8 Å². The van der Waals surface area contributed by atoms with Gasteiger partial charge < -0.3 is 19.0 Å². The highest BCUT2D eigenvalue weighted by Gasteiger charge is 2.12. The van der Waals surface area contributed by atoms with E-state index in [1.165, 1.54) is 11.8 Å². The van der Waals surface area contributed by atoms with Gasteiger partial charge in [-0.1, -0.05) is 34.6 Å². The molecule has 0 saturated heterocycles. The Hall–Kier alpha value is -3.04. The van der Waals surface area contributed by atoms with Crippen LogP contribution in [-0.2, 0) is 17.0 Å². The summed E-state index contributed by atoms with van der Waals surface area (Å²) < 4.78 is 16.0. The number of anilines is 1. The molecule has 0 aliphatic heterocycles. The summed E-state index contributed by atoms with van der Waals surface area (Å²) in [5, 5.41) is 7.85. The summed E-state index contributed by atoms with van der Waals surface area (Å²) in [4.78, 5) is 20.8. The number of aromatic nitrogens is 3. The minimum absolute atomic E-state index is 0.150. The summed E-state index contributed by atoms with van der Waals surface area (Å²) in [7, 11) is 1.58. The Bertz CT molecular complexity index is 1180. The molecular formula is C20H17ClN4O4S. The number of thioether (sulfide) groups is 1.